The Kier molecular flexibility index (Phi) is 6.67. The molecule has 0 bridgehead atoms. The number of amides is 3. The molecule has 1 heterocycles. The molecule has 1 aliphatic heterocycles. The molecule has 0 aromatic heterocycles. The number of hydrogen-bond donors (Lipinski definition) is 3. The quantitative estimate of drug-likeness (QED) is 0.665. The highest BCUT2D eigenvalue weighted by Gasteiger charge is 2.20. The monoisotopic (exact) mass is 257 g/mol. The van der Waals surface area contributed by atoms with Gasteiger partial charge < -0.3 is 10.4 Å². The van der Waals surface area contributed by atoms with Crippen molar-refractivity contribution in [2.24, 2.45) is 0 Å². The van der Waals surface area contributed by atoms with Crippen LogP contribution in [-0.2, 0) is 4.79 Å². The second-order valence-electron chi connectivity index (χ2n) is 4.60. The standard InChI is InChI=1S/C12H23N3O3/c1-13-12(18)14-11(17)6-8-15-7-4-2-3-5-10(15)9-16/h10,16H,2-9H2,1H3,(H2,13,14,17,18). The largest absolute Gasteiger partial charge is 0.395 e. The van der Waals surface area contributed by atoms with Gasteiger partial charge in [0.25, 0.3) is 0 Å². The van der Waals surface area contributed by atoms with Crippen molar-refractivity contribution in [3.8, 4) is 0 Å². The van der Waals surface area contributed by atoms with Crippen molar-refractivity contribution in [2.45, 2.75) is 38.1 Å². The summed E-state index contributed by atoms with van der Waals surface area (Å²) in [6.07, 6.45) is 4.68. The normalized spacial score (nSPS) is 21.1. The minimum atomic E-state index is -0.477. The number of imide groups is 1. The van der Waals surface area contributed by atoms with Crippen LogP contribution >= 0.6 is 0 Å². The molecule has 1 fully saturated rings. The third kappa shape index (κ3) is 5.01. The lowest BCUT2D eigenvalue weighted by Gasteiger charge is -2.27. The number of carbonyl (C=O) groups is 2. The lowest BCUT2D eigenvalue weighted by Crippen LogP contribution is -2.42. The molecule has 6 nitrogen and oxygen atoms in total. The molecule has 0 aromatic rings. The third-order valence-electron chi connectivity index (χ3n) is 3.32. The predicted molar refractivity (Wildman–Crippen MR) is 68.1 cm³/mol. The summed E-state index contributed by atoms with van der Waals surface area (Å²) < 4.78 is 0. The Balaban J connectivity index is 2.35. The van der Waals surface area contributed by atoms with Gasteiger partial charge in [0.15, 0.2) is 0 Å². The molecule has 1 aliphatic rings. The van der Waals surface area contributed by atoms with E-state index in [9.17, 15) is 14.7 Å². The number of rotatable bonds is 4. The van der Waals surface area contributed by atoms with Crippen LogP contribution in [0, 0.1) is 0 Å². The summed E-state index contributed by atoms with van der Waals surface area (Å²) in [5.74, 6) is -0.282. The molecule has 1 rings (SSSR count). The molecule has 0 saturated carbocycles. The Morgan fingerprint density at radius 1 is 1.33 bits per heavy atom. The number of hydrogen-bond acceptors (Lipinski definition) is 4. The van der Waals surface area contributed by atoms with Gasteiger partial charge in [-0.05, 0) is 19.4 Å². The van der Waals surface area contributed by atoms with Crippen LogP contribution in [0.5, 0.6) is 0 Å². The molecule has 1 unspecified atom stereocenters. The Labute approximate surface area is 108 Å². The first-order valence-electron chi connectivity index (χ1n) is 6.54. The van der Waals surface area contributed by atoms with Crippen molar-refractivity contribution >= 4 is 11.9 Å². The summed E-state index contributed by atoms with van der Waals surface area (Å²) in [7, 11) is 1.47. The van der Waals surface area contributed by atoms with E-state index in [0.717, 1.165) is 25.8 Å². The fourth-order valence-corrected chi connectivity index (χ4v) is 2.23. The fraction of sp³-hybridized carbons (Fsp3) is 0.833. The highest BCUT2D eigenvalue weighted by atomic mass is 16.3. The maximum absolute atomic E-state index is 11.5. The number of nitrogens with one attached hydrogen (secondary N) is 2. The molecule has 0 aliphatic carbocycles. The van der Waals surface area contributed by atoms with Gasteiger partial charge in [-0.1, -0.05) is 12.8 Å². The smallest absolute Gasteiger partial charge is 0.321 e. The number of aliphatic hydroxyl groups is 1. The molecule has 0 aromatic carbocycles. The maximum atomic E-state index is 11.5. The van der Waals surface area contributed by atoms with Crippen molar-refractivity contribution in [3.63, 3.8) is 0 Å². The van der Waals surface area contributed by atoms with E-state index in [1.165, 1.54) is 13.5 Å². The highest BCUT2D eigenvalue weighted by Crippen LogP contribution is 2.16. The summed E-state index contributed by atoms with van der Waals surface area (Å²) in [5.41, 5.74) is 0. The first-order chi connectivity index (χ1) is 8.67. The second kappa shape index (κ2) is 8.05. The maximum Gasteiger partial charge on any atom is 0.321 e. The van der Waals surface area contributed by atoms with Crippen molar-refractivity contribution in [3.05, 3.63) is 0 Å². The number of nitrogens with zero attached hydrogens (tertiary/aromatic N) is 1. The number of likely N-dealkylation sites (tertiary alicyclic amines) is 1. The van der Waals surface area contributed by atoms with Crippen molar-refractivity contribution in [2.75, 3.05) is 26.7 Å². The highest BCUT2D eigenvalue weighted by molar-refractivity contribution is 5.94. The molecule has 18 heavy (non-hydrogen) atoms. The van der Waals surface area contributed by atoms with Gasteiger partial charge in [-0.15, -0.1) is 0 Å². The number of urea groups is 1. The second-order valence-corrected chi connectivity index (χ2v) is 4.60. The van der Waals surface area contributed by atoms with Crippen LogP contribution < -0.4 is 10.6 Å². The molecule has 6 heteroatoms. The summed E-state index contributed by atoms with van der Waals surface area (Å²) >= 11 is 0. The van der Waals surface area contributed by atoms with Crippen molar-refractivity contribution in [1.29, 1.82) is 0 Å². The van der Waals surface area contributed by atoms with E-state index in [0.29, 0.717) is 6.54 Å². The topological polar surface area (TPSA) is 81.7 Å². The molecule has 0 spiro atoms. The predicted octanol–water partition coefficient (Wildman–Crippen LogP) is 0.0690. The van der Waals surface area contributed by atoms with Crippen molar-refractivity contribution < 1.29 is 14.7 Å². The van der Waals surface area contributed by atoms with Crippen molar-refractivity contribution in [1.82, 2.24) is 15.5 Å². The minimum Gasteiger partial charge on any atom is -0.395 e. The first-order valence-corrected chi connectivity index (χ1v) is 6.54. The van der Waals surface area contributed by atoms with E-state index in [1.54, 1.807) is 0 Å². The van der Waals surface area contributed by atoms with E-state index >= 15 is 0 Å². The average molecular weight is 257 g/mol. The zero-order chi connectivity index (χ0) is 13.4. The van der Waals surface area contributed by atoms with Crippen LogP contribution in [0.25, 0.3) is 0 Å². The summed E-state index contributed by atoms with van der Waals surface area (Å²) in [4.78, 5) is 24.6. The molecule has 3 amide bonds. The SMILES string of the molecule is CNC(=O)NC(=O)CCN1CCCCCC1CO. The third-order valence-corrected chi connectivity index (χ3v) is 3.32. The van der Waals surface area contributed by atoms with Gasteiger partial charge in [-0.2, -0.15) is 0 Å². The number of aliphatic hydroxyl groups excluding tert-OH is 1. The summed E-state index contributed by atoms with van der Waals surface area (Å²) in [5, 5.41) is 13.9. The molecule has 104 valence electrons. The van der Waals surface area contributed by atoms with Gasteiger partial charge in [-0.3, -0.25) is 15.0 Å². The molecule has 1 saturated heterocycles. The molecular weight excluding hydrogens is 234 g/mol. The lowest BCUT2D eigenvalue weighted by atomic mass is 10.1. The summed E-state index contributed by atoms with van der Waals surface area (Å²) in [6, 6.07) is -0.324. The van der Waals surface area contributed by atoms with Crippen LogP contribution in [0.3, 0.4) is 0 Å². The van der Waals surface area contributed by atoms with Gasteiger partial charge in [0.1, 0.15) is 0 Å². The van der Waals surface area contributed by atoms with Gasteiger partial charge in [0.2, 0.25) is 5.91 Å². The average Bonchev–Trinajstić information content (AvgIpc) is 2.60. The van der Waals surface area contributed by atoms with Crippen LogP contribution in [0.15, 0.2) is 0 Å². The molecule has 1 atom stereocenters. The molecule has 3 N–H and O–H groups in total. The Hall–Kier alpha value is -1.14. The Morgan fingerprint density at radius 2 is 2.11 bits per heavy atom. The molecule has 0 radical (unpaired) electrons. The van der Waals surface area contributed by atoms with Gasteiger partial charge in [0, 0.05) is 26.1 Å². The number of carbonyl (C=O) groups excluding carboxylic acids is 2. The van der Waals surface area contributed by atoms with Gasteiger partial charge in [-0.25, -0.2) is 4.79 Å². The van der Waals surface area contributed by atoms with Crippen LogP contribution in [0.2, 0.25) is 0 Å². The minimum absolute atomic E-state index is 0.136. The zero-order valence-electron chi connectivity index (χ0n) is 10.9. The zero-order valence-corrected chi connectivity index (χ0v) is 10.9. The Morgan fingerprint density at radius 3 is 2.78 bits per heavy atom. The summed E-state index contributed by atoms with van der Waals surface area (Å²) in [6.45, 7) is 1.64. The van der Waals surface area contributed by atoms with E-state index in [4.69, 9.17) is 0 Å². The first kappa shape index (κ1) is 14.9. The lowest BCUT2D eigenvalue weighted by molar-refractivity contribution is -0.120. The van der Waals surface area contributed by atoms with E-state index < -0.39 is 6.03 Å². The van der Waals surface area contributed by atoms with E-state index in [-0.39, 0.29) is 25.0 Å². The van der Waals surface area contributed by atoms with E-state index in [2.05, 4.69) is 15.5 Å². The van der Waals surface area contributed by atoms with Crippen LogP contribution in [-0.4, -0.2) is 54.7 Å². The fourth-order valence-electron chi connectivity index (χ4n) is 2.23. The van der Waals surface area contributed by atoms with Gasteiger partial charge in [0.05, 0.1) is 6.61 Å². The molecular formula is C12H23N3O3. The van der Waals surface area contributed by atoms with Gasteiger partial charge >= 0.3 is 6.03 Å². The van der Waals surface area contributed by atoms with Crippen LogP contribution in [0.1, 0.15) is 32.1 Å². The van der Waals surface area contributed by atoms with Crippen LogP contribution in [0.4, 0.5) is 4.79 Å². The van der Waals surface area contributed by atoms with E-state index in [1.807, 2.05) is 0 Å². The Bertz CT molecular complexity index is 284.